The lowest BCUT2D eigenvalue weighted by atomic mass is 10.2. The van der Waals surface area contributed by atoms with Crippen molar-refractivity contribution >= 4 is 11.9 Å². The normalized spacial score (nSPS) is 17.6. The van der Waals surface area contributed by atoms with Crippen LogP contribution < -0.4 is 5.32 Å². The number of alkyl halides is 3. The van der Waals surface area contributed by atoms with Gasteiger partial charge in [0, 0.05) is 0 Å². The number of carbonyl (C=O) groups excluding carboxylic acids is 1. The van der Waals surface area contributed by atoms with Gasteiger partial charge in [-0.25, -0.2) is 4.79 Å². The molecule has 72 valence electrons. The van der Waals surface area contributed by atoms with Crippen molar-refractivity contribution in [3.8, 4) is 0 Å². The molecule has 1 aliphatic rings. The Morgan fingerprint density at radius 2 is 2.00 bits per heavy atom. The predicted molar refractivity (Wildman–Crippen MR) is 33.5 cm³/mol. The summed E-state index contributed by atoms with van der Waals surface area (Å²) in [5.74, 6) is -2.68. The summed E-state index contributed by atoms with van der Waals surface area (Å²) in [5, 5.41) is 9.77. The van der Waals surface area contributed by atoms with Gasteiger partial charge in [-0.3, -0.25) is 4.79 Å². The average Bonchev–Trinajstić information content (AvgIpc) is 2.29. The Morgan fingerprint density at radius 3 is 2.31 bits per heavy atom. The van der Waals surface area contributed by atoms with Crippen molar-refractivity contribution in [2.75, 3.05) is 0 Å². The van der Waals surface area contributed by atoms with E-state index in [1.165, 1.54) is 5.32 Å². The molecule has 0 unspecified atom stereocenters. The summed E-state index contributed by atoms with van der Waals surface area (Å²) in [6.45, 7) is 0. The summed E-state index contributed by atoms with van der Waals surface area (Å²) in [6.07, 6.45) is -5.55. The van der Waals surface area contributed by atoms with Crippen LogP contribution in [0.1, 0.15) is 6.42 Å². The molecule has 0 aromatic rings. The van der Waals surface area contributed by atoms with E-state index in [1.807, 2.05) is 0 Å². The lowest BCUT2D eigenvalue weighted by molar-refractivity contribution is -0.134. The minimum atomic E-state index is -4.82. The van der Waals surface area contributed by atoms with Crippen LogP contribution >= 0.6 is 0 Å². The Bertz CT molecular complexity index is 305. The maximum atomic E-state index is 12.0. The molecular weight excluding hydrogens is 191 g/mol. The zero-order chi connectivity index (χ0) is 10.2. The molecule has 0 saturated carbocycles. The van der Waals surface area contributed by atoms with Crippen LogP contribution in [0.3, 0.4) is 0 Å². The maximum Gasteiger partial charge on any atom is 0.431 e. The molecule has 1 heterocycles. The number of nitrogens with one attached hydrogen (secondary N) is 1. The number of halogens is 3. The van der Waals surface area contributed by atoms with Gasteiger partial charge in [0.2, 0.25) is 5.91 Å². The molecule has 0 fully saturated rings. The summed E-state index contributed by atoms with van der Waals surface area (Å²) in [6, 6.07) is 0. The third-order valence-corrected chi connectivity index (χ3v) is 1.45. The standard InChI is InChI=1S/C6H4F3NO3/c7-6(8,9)4-2(5(12)13)1-3(11)10-4/h1H2,(H,10,11)(H,12,13). The van der Waals surface area contributed by atoms with Gasteiger partial charge in [-0.05, 0) is 0 Å². The van der Waals surface area contributed by atoms with Crippen LogP contribution in [0.5, 0.6) is 0 Å². The molecule has 1 amide bonds. The minimum Gasteiger partial charge on any atom is -0.478 e. The first-order valence-corrected chi connectivity index (χ1v) is 3.16. The fourth-order valence-corrected chi connectivity index (χ4v) is 0.933. The number of amides is 1. The molecule has 2 N–H and O–H groups in total. The quantitative estimate of drug-likeness (QED) is 0.636. The van der Waals surface area contributed by atoms with Crippen molar-refractivity contribution in [1.29, 1.82) is 0 Å². The third-order valence-electron chi connectivity index (χ3n) is 1.45. The van der Waals surface area contributed by atoms with Crippen LogP contribution in [-0.2, 0) is 9.59 Å². The number of carboxylic acid groups (broad SMARTS) is 1. The monoisotopic (exact) mass is 195 g/mol. The van der Waals surface area contributed by atoms with E-state index in [9.17, 15) is 22.8 Å². The minimum absolute atomic E-state index is 0.732. The lowest BCUT2D eigenvalue weighted by Gasteiger charge is -2.07. The summed E-state index contributed by atoms with van der Waals surface area (Å²) >= 11 is 0. The summed E-state index contributed by atoms with van der Waals surface area (Å²) in [7, 11) is 0. The van der Waals surface area contributed by atoms with Crippen LogP contribution in [0.15, 0.2) is 11.3 Å². The molecule has 1 aliphatic heterocycles. The Balaban J connectivity index is 3.09. The Hall–Kier alpha value is -1.53. The molecule has 0 radical (unpaired) electrons. The van der Waals surface area contributed by atoms with Gasteiger partial charge < -0.3 is 10.4 Å². The van der Waals surface area contributed by atoms with E-state index in [1.54, 1.807) is 0 Å². The van der Waals surface area contributed by atoms with Gasteiger partial charge >= 0.3 is 12.1 Å². The van der Waals surface area contributed by atoms with Crippen molar-refractivity contribution in [2.45, 2.75) is 12.6 Å². The number of allylic oxidation sites excluding steroid dienone is 1. The number of hydrogen-bond acceptors (Lipinski definition) is 2. The summed E-state index contributed by atoms with van der Waals surface area (Å²) in [5.41, 5.74) is -2.40. The van der Waals surface area contributed by atoms with Crippen molar-refractivity contribution in [3.63, 3.8) is 0 Å². The number of rotatable bonds is 1. The van der Waals surface area contributed by atoms with E-state index in [0.717, 1.165) is 0 Å². The molecule has 0 spiro atoms. The van der Waals surface area contributed by atoms with Gasteiger partial charge in [-0.15, -0.1) is 0 Å². The van der Waals surface area contributed by atoms with Gasteiger partial charge in [0.1, 0.15) is 5.70 Å². The fourth-order valence-electron chi connectivity index (χ4n) is 0.933. The van der Waals surface area contributed by atoms with Gasteiger partial charge in [-0.1, -0.05) is 0 Å². The Kier molecular flexibility index (Phi) is 2.02. The van der Waals surface area contributed by atoms with E-state index in [4.69, 9.17) is 5.11 Å². The average molecular weight is 195 g/mol. The fraction of sp³-hybridized carbons (Fsp3) is 0.333. The van der Waals surface area contributed by atoms with E-state index in [2.05, 4.69) is 0 Å². The number of aliphatic carboxylic acids is 1. The smallest absolute Gasteiger partial charge is 0.431 e. The molecule has 0 aromatic carbocycles. The van der Waals surface area contributed by atoms with Gasteiger partial charge in [0.25, 0.3) is 0 Å². The first-order chi connectivity index (χ1) is 5.82. The highest BCUT2D eigenvalue weighted by Crippen LogP contribution is 2.30. The van der Waals surface area contributed by atoms with Crippen molar-refractivity contribution in [3.05, 3.63) is 11.3 Å². The molecule has 0 aromatic heterocycles. The molecule has 1 rings (SSSR count). The third kappa shape index (κ3) is 1.79. The molecule has 0 saturated heterocycles. The second kappa shape index (κ2) is 2.75. The molecule has 0 atom stereocenters. The summed E-state index contributed by atoms with van der Waals surface area (Å²) in [4.78, 5) is 20.8. The number of carboxylic acids is 1. The first kappa shape index (κ1) is 9.56. The van der Waals surface area contributed by atoms with Crippen LogP contribution in [0.4, 0.5) is 13.2 Å². The zero-order valence-corrected chi connectivity index (χ0v) is 6.10. The van der Waals surface area contributed by atoms with Crippen molar-refractivity contribution in [2.24, 2.45) is 0 Å². The van der Waals surface area contributed by atoms with Crippen LogP contribution in [0, 0.1) is 0 Å². The first-order valence-electron chi connectivity index (χ1n) is 3.16. The molecular formula is C6H4F3NO3. The highest BCUT2D eigenvalue weighted by atomic mass is 19.4. The van der Waals surface area contributed by atoms with E-state index < -0.39 is 35.7 Å². The van der Waals surface area contributed by atoms with E-state index in [-0.39, 0.29) is 0 Å². The highest BCUT2D eigenvalue weighted by molar-refractivity contribution is 5.99. The second-order valence-corrected chi connectivity index (χ2v) is 2.38. The van der Waals surface area contributed by atoms with Gasteiger partial charge in [0.15, 0.2) is 0 Å². The molecule has 0 aliphatic carbocycles. The maximum absolute atomic E-state index is 12.0. The number of hydrogen-bond donors (Lipinski definition) is 2. The lowest BCUT2D eigenvalue weighted by Crippen LogP contribution is -2.26. The highest BCUT2D eigenvalue weighted by Gasteiger charge is 2.43. The molecule has 0 bridgehead atoms. The van der Waals surface area contributed by atoms with E-state index >= 15 is 0 Å². The largest absolute Gasteiger partial charge is 0.478 e. The van der Waals surface area contributed by atoms with Crippen LogP contribution in [0.25, 0.3) is 0 Å². The predicted octanol–water partition coefficient (Wildman–Crippen LogP) is 0.407. The van der Waals surface area contributed by atoms with Gasteiger partial charge in [0.05, 0.1) is 12.0 Å². The SMILES string of the molecule is O=C1CC(C(=O)O)=C(C(F)(F)F)N1. The van der Waals surface area contributed by atoms with Crippen LogP contribution in [0.2, 0.25) is 0 Å². The zero-order valence-electron chi connectivity index (χ0n) is 6.10. The van der Waals surface area contributed by atoms with Crippen molar-refractivity contribution < 1.29 is 27.9 Å². The molecule has 7 heteroatoms. The molecule has 4 nitrogen and oxygen atoms in total. The van der Waals surface area contributed by atoms with E-state index in [0.29, 0.717) is 0 Å². The van der Waals surface area contributed by atoms with Crippen molar-refractivity contribution in [1.82, 2.24) is 5.32 Å². The Morgan fingerprint density at radius 1 is 1.46 bits per heavy atom. The Labute approximate surface area is 70.0 Å². The second-order valence-electron chi connectivity index (χ2n) is 2.38. The number of carbonyl (C=O) groups is 2. The molecule has 13 heavy (non-hydrogen) atoms. The van der Waals surface area contributed by atoms with Gasteiger partial charge in [-0.2, -0.15) is 13.2 Å². The van der Waals surface area contributed by atoms with Crippen LogP contribution in [-0.4, -0.2) is 23.2 Å². The summed E-state index contributed by atoms with van der Waals surface area (Å²) < 4.78 is 36.0. The topological polar surface area (TPSA) is 66.4 Å².